The number of piperazine rings is 1. The van der Waals surface area contributed by atoms with Gasteiger partial charge in [0.1, 0.15) is 11.0 Å². The number of nitrogens with one attached hydrogen (secondary N) is 1. The molecule has 2 aliphatic rings. The number of hydrogen-bond donors (Lipinski definition) is 1. The zero-order chi connectivity index (χ0) is 21.0. The largest absolute Gasteiger partial charge is 0.352 e. The Hall–Kier alpha value is -2.54. The van der Waals surface area contributed by atoms with Crippen LogP contribution < -0.4 is 5.32 Å². The first-order valence-corrected chi connectivity index (χ1v) is 12.0. The monoisotopic (exact) mass is 432 g/mol. The predicted molar refractivity (Wildman–Crippen MR) is 125 cm³/mol. The molecule has 5 rings (SSSR count). The lowest BCUT2D eigenvalue weighted by Crippen LogP contribution is -2.51. The smallest absolute Gasteiger partial charge is 0.242 e. The third-order valence-electron chi connectivity index (χ3n) is 6.02. The standard InChI is InChI=1S/C25H28N4OS/c30-24(26-21-11-12-21)23(19-7-3-1-4-8-19)29-15-13-28(14-16-29)17-22-18-31-25(27-22)20-9-5-2-6-10-20/h1-10,18,21,23H,11-17H2,(H,26,30)/t23-/m0/s1. The molecule has 1 saturated carbocycles. The minimum absolute atomic E-state index is 0.147. The van der Waals surface area contributed by atoms with Gasteiger partial charge in [0.05, 0.1) is 5.69 Å². The van der Waals surface area contributed by atoms with Crippen molar-refractivity contribution in [2.24, 2.45) is 0 Å². The van der Waals surface area contributed by atoms with Gasteiger partial charge in [-0.25, -0.2) is 4.98 Å². The topological polar surface area (TPSA) is 48.5 Å². The Bertz CT molecular complexity index is 995. The maximum Gasteiger partial charge on any atom is 0.242 e. The summed E-state index contributed by atoms with van der Waals surface area (Å²) in [5.41, 5.74) is 3.39. The van der Waals surface area contributed by atoms with Crippen molar-refractivity contribution < 1.29 is 4.79 Å². The summed E-state index contributed by atoms with van der Waals surface area (Å²) in [6.07, 6.45) is 2.22. The Balaban J connectivity index is 1.21. The third kappa shape index (κ3) is 5.03. The van der Waals surface area contributed by atoms with Gasteiger partial charge >= 0.3 is 0 Å². The summed E-state index contributed by atoms with van der Waals surface area (Å²) in [4.78, 5) is 22.7. The van der Waals surface area contributed by atoms with Gasteiger partial charge in [-0.05, 0) is 18.4 Å². The van der Waals surface area contributed by atoms with Crippen LogP contribution in [-0.2, 0) is 11.3 Å². The molecule has 0 spiro atoms. The molecule has 31 heavy (non-hydrogen) atoms. The van der Waals surface area contributed by atoms with Crippen LogP contribution in [-0.4, -0.2) is 52.9 Å². The number of benzene rings is 2. The van der Waals surface area contributed by atoms with E-state index in [1.165, 1.54) is 5.56 Å². The fourth-order valence-electron chi connectivity index (χ4n) is 4.17. The molecular weight excluding hydrogens is 404 g/mol. The summed E-state index contributed by atoms with van der Waals surface area (Å²) in [6, 6.07) is 20.7. The van der Waals surface area contributed by atoms with Crippen molar-refractivity contribution in [3.63, 3.8) is 0 Å². The summed E-state index contributed by atoms with van der Waals surface area (Å²) >= 11 is 1.71. The van der Waals surface area contributed by atoms with Gasteiger partial charge in [0.25, 0.3) is 0 Å². The van der Waals surface area contributed by atoms with E-state index in [2.05, 4.69) is 56.9 Å². The molecule has 1 aliphatic heterocycles. The Kier molecular flexibility index (Phi) is 6.11. The highest BCUT2D eigenvalue weighted by Gasteiger charge is 2.33. The van der Waals surface area contributed by atoms with Crippen molar-refractivity contribution in [3.8, 4) is 10.6 Å². The SMILES string of the molecule is O=C(NC1CC1)[C@H](c1ccccc1)N1CCN(Cc2csc(-c3ccccc3)n2)CC1. The summed E-state index contributed by atoms with van der Waals surface area (Å²) in [5.74, 6) is 0.147. The summed E-state index contributed by atoms with van der Waals surface area (Å²) in [6.45, 7) is 4.51. The van der Waals surface area contributed by atoms with E-state index in [9.17, 15) is 4.79 Å². The molecule has 1 saturated heterocycles. The molecule has 1 N–H and O–H groups in total. The van der Waals surface area contributed by atoms with E-state index >= 15 is 0 Å². The van der Waals surface area contributed by atoms with Crippen molar-refractivity contribution in [1.82, 2.24) is 20.1 Å². The van der Waals surface area contributed by atoms with Crippen molar-refractivity contribution >= 4 is 17.2 Å². The predicted octanol–water partition coefficient (Wildman–Crippen LogP) is 3.95. The molecular formula is C25H28N4OS. The Morgan fingerprint density at radius 2 is 1.68 bits per heavy atom. The lowest BCUT2D eigenvalue weighted by atomic mass is 10.0. The highest BCUT2D eigenvalue weighted by molar-refractivity contribution is 7.13. The molecule has 1 atom stereocenters. The molecule has 1 aliphatic carbocycles. The summed E-state index contributed by atoms with van der Waals surface area (Å²) in [7, 11) is 0. The number of rotatable bonds is 7. The second-order valence-electron chi connectivity index (χ2n) is 8.42. The average Bonchev–Trinajstić information content (AvgIpc) is 3.50. The lowest BCUT2D eigenvalue weighted by Gasteiger charge is -2.38. The van der Waals surface area contributed by atoms with Gasteiger partial charge in [-0.2, -0.15) is 0 Å². The average molecular weight is 433 g/mol. The maximum absolute atomic E-state index is 13.0. The molecule has 0 bridgehead atoms. The van der Waals surface area contributed by atoms with Crippen LogP contribution >= 0.6 is 11.3 Å². The Morgan fingerprint density at radius 3 is 2.35 bits per heavy atom. The number of aromatic nitrogens is 1. The molecule has 2 aromatic carbocycles. The number of carbonyl (C=O) groups is 1. The van der Waals surface area contributed by atoms with Crippen LogP contribution in [0, 0.1) is 0 Å². The van der Waals surface area contributed by atoms with Gasteiger partial charge in [0, 0.05) is 49.7 Å². The zero-order valence-electron chi connectivity index (χ0n) is 17.6. The van der Waals surface area contributed by atoms with Gasteiger partial charge in [0.15, 0.2) is 0 Å². The molecule has 5 nitrogen and oxygen atoms in total. The van der Waals surface area contributed by atoms with Crippen LogP contribution in [0.3, 0.4) is 0 Å². The molecule has 0 unspecified atom stereocenters. The Morgan fingerprint density at radius 1 is 1.00 bits per heavy atom. The van der Waals surface area contributed by atoms with E-state index in [1.54, 1.807) is 11.3 Å². The number of carbonyl (C=O) groups excluding carboxylic acids is 1. The molecule has 1 aromatic heterocycles. The maximum atomic E-state index is 13.0. The molecule has 0 radical (unpaired) electrons. The second kappa shape index (κ2) is 9.30. The van der Waals surface area contributed by atoms with Gasteiger partial charge in [-0.15, -0.1) is 11.3 Å². The van der Waals surface area contributed by atoms with Crippen molar-refractivity contribution in [2.75, 3.05) is 26.2 Å². The van der Waals surface area contributed by atoms with Crippen molar-refractivity contribution in [3.05, 3.63) is 77.3 Å². The number of amides is 1. The molecule has 3 aromatic rings. The molecule has 2 fully saturated rings. The van der Waals surface area contributed by atoms with E-state index in [0.717, 1.165) is 61.8 Å². The quantitative estimate of drug-likeness (QED) is 0.614. The van der Waals surface area contributed by atoms with Crippen LogP contribution in [0.2, 0.25) is 0 Å². The van der Waals surface area contributed by atoms with Crippen LogP contribution in [0.1, 0.15) is 30.1 Å². The summed E-state index contributed by atoms with van der Waals surface area (Å²) < 4.78 is 0. The van der Waals surface area contributed by atoms with Crippen molar-refractivity contribution in [1.29, 1.82) is 0 Å². The minimum atomic E-state index is -0.201. The van der Waals surface area contributed by atoms with E-state index in [4.69, 9.17) is 4.98 Å². The van der Waals surface area contributed by atoms with Crippen LogP contribution in [0.5, 0.6) is 0 Å². The fourth-order valence-corrected chi connectivity index (χ4v) is 4.99. The highest BCUT2D eigenvalue weighted by atomic mass is 32.1. The van der Waals surface area contributed by atoms with E-state index in [1.807, 2.05) is 24.3 Å². The molecule has 6 heteroatoms. The minimum Gasteiger partial charge on any atom is -0.352 e. The zero-order valence-corrected chi connectivity index (χ0v) is 18.4. The second-order valence-corrected chi connectivity index (χ2v) is 9.28. The van der Waals surface area contributed by atoms with E-state index < -0.39 is 0 Å². The first-order chi connectivity index (χ1) is 15.3. The van der Waals surface area contributed by atoms with Crippen molar-refractivity contribution in [2.45, 2.75) is 31.5 Å². The molecule has 1 amide bonds. The number of nitrogens with zero attached hydrogens (tertiary/aromatic N) is 3. The summed E-state index contributed by atoms with van der Waals surface area (Å²) in [5, 5.41) is 6.47. The normalized spacial score (nSPS) is 18.6. The van der Waals surface area contributed by atoms with Gasteiger partial charge < -0.3 is 5.32 Å². The number of hydrogen-bond acceptors (Lipinski definition) is 5. The Labute approximate surface area is 187 Å². The molecule has 160 valence electrons. The fraction of sp³-hybridized carbons (Fsp3) is 0.360. The molecule has 2 heterocycles. The van der Waals surface area contributed by atoms with Crippen LogP contribution in [0.15, 0.2) is 66.0 Å². The first-order valence-electron chi connectivity index (χ1n) is 11.1. The van der Waals surface area contributed by atoms with Gasteiger partial charge in [-0.3, -0.25) is 14.6 Å². The third-order valence-corrected chi connectivity index (χ3v) is 6.96. The van der Waals surface area contributed by atoms with E-state index in [0.29, 0.717) is 6.04 Å². The van der Waals surface area contributed by atoms with Gasteiger partial charge in [-0.1, -0.05) is 60.7 Å². The lowest BCUT2D eigenvalue weighted by molar-refractivity contribution is -0.127. The van der Waals surface area contributed by atoms with Crippen LogP contribution in [0.4, 0.5) is 0 Å². The van der Waals surface area contributed by atoms with E-state index in [-0.39, 0.29) is 11.9 Å². The van der Waals surface area contributed by atoms with Gasteiger partial charge in [0.2, 0.25) is 5.91 Å². The first kappa shape index (κ1) is 20.4. The number of thiazole rings is 1. The highest BCUT2D eigenvalue weighted by Crippen LogP contribution is 2.27. The van der Waals surface area contributed by atoms with Crippen LogP contribution in [0.25, 0.3) is 10.6 Å².